The summed E-state index contributed by atoms with van der Waals surface area (Å²) >= 11 is 0. The fourth-order valence-electron chi connectivity index (χ4n) is 1.52. The van der Waals surface area contributed by atoms with Crippen molar-refractivity contribution in [3.8, 4) is 0 Å². The number of H-pyrrole nitrogens is 1. The van der Waals surface area contributed by atoms with Crippen LogP contribution in [0.25, 0.3) is 0 Å². The number of aromatic amines is 1. The van der Waals surface area contributed by atoms with Crippen LogP contribution >= 0.6 is 0 Å². The summed E-state index contributed by atoms with van der Waals surface area (Å²) in [7, 11) is 0. The van der Waals surface area contributed by atoms with Crippen molar-refractivity contribution in [3.63, 3.8) is 0 Å². The first-order valence-corrected chi connectivity index (χ1v) is 4.97. The number of nitrogens with one attached hydrogen (secondary N) is 1. The molecule has 0 amide bonds. The van der Waals surface area contributed by atoms with E-state index in [1.807, 2.05) is 0 Å². The third-order valence-electron chi connectivity index (χ3n) is 2.38. The number of rotatable bonds is 2. The van der Waals surface area contributed by atoms with Gasteiger partial charge >= 0.3 is 0 Å². The fraction of sp³-hybridized carbons (Fsp3) is 0.545. The smallest absolute Gasteiger partial charge is 0.185 e. The van der Waals surface area contributed by atoms with Gasteiger partial charge in [0.05, 0.1) is 18.9 Å². The number of aromatic nitrogens is 1. The van der Waals surface area contributed by atoms with Crippen molar-refractivity contribution in [2.24, 2.45) is 5.41 Å². The summed E-state index contributed by atoms with van der Waals surface area (Å²) in [6, 6.07) is 1.75. The first kappa shape index (κ1) is 10.4. The molecule has 1 aromatic rings. The van der Waals surface area contributed by atoms with Gasteiger partial charge < -0.3 is 14.5 Å². The van der Waals surface area contributed by atoms with Gasteiger partial charge in [0.2, 0.25) is 0 Å². The van der Waals surface area contributed by atoms with E-state index < -0.39 is 0 Å². The quantitative estimate of drug-likeness (QED) is 0.757. The van der Waals surface area contributed by atoms with E-state index in [2.05, 4.69) is 18.8 Å². The number of hydrogen-bond donors (Lipinski definition) is 1. The van der Waals surface area contributed by atoms with Crippen molar-refractivity contribution in [3.05, 3.63) is 23.5 Å². The van der Waals surface area contributed by atoms with E-state index in [1.54, 1.807) is 12.3 Å². The summed E-state index contributed by atoms with van der Waals surface area (Å²) in [6.07, 6.45) is 2.17. The highest BCUT2D eigenvalue weighted by molar-refractivity contribution is 5.72. The maximum Gasteiger partial charge on any atom is 0.185 e. The molecule has 1 aliphatic rings. The zero-order valence-electron chi connectivity index (χ0n) is 8.95. The zero-order valence-corrected chi connectivity index (χ0v) is 8.95. The summed E-state index contributed by atoms with van der Waals surface area (Å²) in [5, 5.41) is 0. The third-order valence-corrected chi connectivity index (χ3v) is 2.38. The second-order valence-corrected chi connectivity index (χ2v) is 4.62. The van der Waals surface area contributed by atoms with Gasteiger partial charge in [0, 0.05) is 17.2 Å². The summed E-state index contributed by atoms with van der Waals surface area (Å²) < 4.78 is 11.2. The molecule has 1 fully saturated rings. The van der Waals surface area contributed by atoms with E-state index in [0.29, 0.717) is 18.9 Å². The molecule has 0 unspecified atom stereocenters. The van der Waals surface area contributed by atoms with Gasteiger partial charge in [0.15, 0.2) is 12.6 Å². The van der Waals surface area contributed by atoms with Crippen LogP contribution in [0.4, 0.5) is 0 Å². The van der Waals surface area contributed by atoms with E-state index >= 15 is 0 Å². The Bertz CT molecular complexity index is 346. The summed E-state index contributed by atoms with van der Waals surface area (Å²) in [5.74, 6) is 0. The maximum atomic E-state index is 10.5. The summed E-state index contributed by atoms with van der Waals surface area (Å²) in [4.78, 5) is 13.3. The van der Waals surface area contributed by atoms with Crippen LogP contribution in [0.15, 0.2) is 12.3 Å². The van der Waals surface area contributed by atoms with Gasteiger partial charge in [0.1, 0.15) is 0 Å². The Morgan fingerprint density at radius 2 is 2.13 bits per heavy atom. The number of hydrogen-bond acceptors (Lipinski definition) is 3. The van der Waals surface area contributed by atoms with Crippen molar-refractivity contribution >= 4 is 6.29 Å². The molecule has 82 valence electrons. The van der Waals surface area contributed by atoms with Gasteiger partial charge in [-0.2, -0.15) is 0 Å². The van der Waals surface area contributed by atoms with Crippen LogP contribution in [0.5, 0.6) is 0 Å². The molecule has 0 spiro atoms. The molecule has 0 radical (unpaired) electrons. The van der Waals surface area contributed by atoms with Crippen LogP contribution in [0, 0.1) is 5.41 Å². The number of ether oxygens (including phenoxy) is 2. The molecule has 0 atom stereocenters. The molecule has 0 aliphatic carbocycles. The minimum absolute atomic E-state index is 0.0697. The van der Waals surface area contributed by atoms with Crippen molar-refractivity contribution < 1.29 is 14.3 Å². The second-order valence-electron chi connectivity index (χ2n) is 4.62. The lowest BCUT2D eigenvalue weighted by Crippen LogP contribution is -2.33. The van der Waals surface area contributed by atoms with Crippen LogP contribution in [-0.4, -0.2) is 24.5 Å². The topological polar surface area (TPSA) is 51.3 Å². The minimum Gasteiger partial charge on any atom is -0.359 e. The lowest BCUT2D eigenvalue weighted by molar-refractivity contribution is -0.226. The predicted molar refractivity (Wildman–Crippen MR) is 54.6 cm³/mol. The molecule has 2 heterocycles. The van der Waals surface area contributed by atoms with Crippen molar-refractivity contribution in [1.29, 1.82) is 0 Å². The Morgan fingerprint density at radius 3 is 2.67 bits per heavy atom. The van der Waals surface area contributed by atoms with Crippen LogP contribution < -0.4 is 0 Å². The first-order valence-electron chi connectivity index (χ1n) is 4.97. The highest BCUT2D eigenvalue weighted by Gasteiger charge is 2.29. The molecule has 1 saturated heterocycles. The molecule has 4 heteroatoms. The van der Waals surface area contributed by atoms with Crippen LogP contribution in [0.3, 0.4) is 0 Å². The van der Waals surface area contributed by atoms with Crippen molar-refractivity contribution in [2.45, 2.75) is 20.1 Å². The van der Waals surface area contributed by atoms with Crippen LogP contribution in [0.1, 0.15) is 36.2 Å². The van der Waals surface area contributed by atoms with Gasteiger partial charge in [0.25, 0.3) is 0 Å². The zero-order chi connectivity index (χ0) is 10.9. The molecule has 0 bridgehead atoms. The van der Waals surface area contributed by atoms with E-state index in [4.69, 9.17) is 9.47 Å². The van der Waals surface area contributed by atoms with E-state index in [1.165, 1.54) is 0 Å². The lowest BCUT2D eigenvalue weighted by atomic mass is 9.95. The summed E-state index contributed by atoms with van der Waals surface area (Å²) in [5.41, 5.74) is 1.48. The first-order chi connectivity index (χ1) is 7.11. The van der Waals surface area contributed by atoms with Gasteiger partial charge in [-0.05, 0) is 6.07 Å². The lowest BCUT2D eigenvalue weighted by Gasteiger charge is -2.34. The average Bonchev–Trinajstić information content (AvgIpc) is 2.66. The van der Waals surface area contributed by atoms with Gasteiger partial charge in [-0.15, -0.1) is 0 Å². The number of aldehydes is 1. The number of carbonyl (C=O) groups is 1. The monoisotopic (exact) mass is 209 g/mol. The molecular formula is C11H15NO3. The average molecular weight is 209 g/mol. The van der Waals surface area contributed by atoms with E-state index in [0.717, 1.165) is 11.8 Å². The largest absolute Gasteiger partial charge is 0.359 e. The van der Waals surface area contributed by atoms with Crippen molar-refractivity contribution in [1.82, 2.24) is 4.98 Å². The Kier molecular flexibility index (Phi) is 2.63. The Balaban J connectivity index is 2.04. The maximum absolute atomic E-state index is 10.5. The van der Waals surface area contributed by atoms with Gasteiger partial charge in [-0.25, -0.2) is 0 Å². The molecule has 1 aliphatic heterocycles. The SMILES string of the molecule is CC1(C)COC(c2c[nH]c(C=O)c2)OC1. The third kappa shape index (κ3) is 2.27. The Morgan fingerprint density at radius 1 is 1.47 bits per heavy atom. The highest BCUT2D eigenvalue weighted by atomic mass is 16.7. The van der Waals surface area contributed by atoms with Crippen LogP contribution in [0.2, 0.25) is 0 Å². The Hall–Kier alpha value is -1.13. The van der Waals surface area contributed by atoms with Gasteiger partial charge in [-0.1, -0.05) is 13.8 Å². The molecule has 0 aromatic carbocycles. The van der Waals surface area contributed by atoms with Crippen LogP contribution in [-0.2, 0) is 9.47 Å². The summed E-state index contributed by atoms with van der Waals surface area (Å²) in [6.45, 7) is 5.52. The number of carbonyl (C=O) groups excluding carboxylic acids is 1. The molecule has 1 N–H and O–H groups in total. The molecule has 4 nitrogen and oxygen atoms in total. The molecule has 1 aromatic heterocycles. The van der Waals surface area contributed by atoms with E-state index in [9.17, 15) is 4.79 Å². The van der Waals surface area contributed by atoms with E-state index in [-0.39, 0.29) is 11.7 Å². The highest BCUT2D eigenvalue weighted by Crippen LogP contribution is 2.30. The standard InChI is InChI=1S/C11H15NO3/c1-11(2)6-14-10(15-7-11)8-3-9(5-13)12-4-8/h3-5,10,12H,6-7H2,1-2H3. The second kappa shape index (κ2) is 3.79. The molecular weight excluding hydrogens is 194 g/mol. The molecule has 15 heavy (non-hydrogen) atoms. The molecule has 0 saturated carbocycles. The minimum atomic E-state index is -0.344. The van der Waals surface area contributed by atoms with Crippen molar-refractivity contribution in [2.75, 3.05) is 13.2 Å². The molecule has 2 rings (SSSR count). The fourth-order valence-corrected chi connectivity index (χ4v) is 1.52. The van der Waals surface area contributed by atoms with Gasteiger partial charge in [-0.3, -0.25) is 4.79 Å². The predicted octanol–water partition coefficient (Wildman–Crippen LogP) is 1.90. The Labute approximate surface area is 88.6 Å². The normalized spacial score (nSPS) is 21.5.